The van der Waals surface area contributed by atoms with Gasteiger partial charge in [-0.15, -0.1) is 0 Å². The molecule has 0 unspecified atom stereocenters. The van der Waals surface area contributed by atoms with Crippen molar-refractivity contribution in [1.29, 1.82) is 0 Å². The summed E-state index contributed by atoms with van der Waals surface area (Å²) < 4.78 is 0.738. The molecule has 0 bridgehead atoms. The molecule has 16 heavy (non-hydrogen) atoms. The van der Waals surface area contributed by atoms with Crippen LogP contribution in [0.25, 0.3) is 0 Å². The van der Waals surface area contributed by atoms with Crippen molar-refractivity contribution in [3.05, 3.63) is 40.0 Å². The molecule has 0 saturated carbocycles. The molecule has 0 aliphatic rings. The summed E-state index contributed by atoms with van der Waals surface area (Å²) in [6, 6.07) is 7.34. The van der Waals surface area contributed by atoms with Gasteiger partial charge < -0.3 is 11.1 Å². The van der Waals surface area contributed by atoms with Crippen molar-refractivity contribution in [3.8, 4) is 0 Å². The van der Waals surface area contributed by atoms with Gasteiger partial charge in [-0.2, -0.15) is 4.98 Å². The SMILES string of the molecule is Nc1ncc(Br)c(Nc2cccc(Cl)c2)n1. The summed E-state index contributed by atoms with van der Waals surface area (Å²) in [5.74, 6) is 0.822. The van der Waals surface area contributed by atoms with Crippen LogP contribution in [0.2, 0.25) is 5.02 Å². The molecule has 0 radical (unpaired) electrons. The second kappa shape index (κ2) is 4.67. The van der Waals surface area contributed by atoms with E-state index in [4.69, 9.17) is 17.3 Å². The van der Waals surface area contributed by atoms with Crippen molar-refractivity contribution in [3.63, 3.8) is 0 Å². The fourth-order valence-electron chi connectivity index (χ4n) is 1.17. The Balaban J connectivity index is 2.30. The molecule has 1 heterocycles. The Labute approximate surface area is 106 Å². The first kappa shape index (κ1) is 11.2. The Hall–Kier alpha value is -1.33. The molecular formula is C10H8BrClN4. The number of nitrogens with one attached hydrogen (secondary N) is 1. The van der Waals surface area contributed by atoms with Crippen LogP contribution in [0, 0.1) is 0 Å². The molecule has 0 spiro atoms. The van der Waals surface area contributed by atoms with Gasteiger partial charge >= 0.3 is 0 Å². The van der Waals surface area contributed by atoms with Crippen molar-refractivity contribution in [1.82, 2.24) is 9.97 Å². The maximum Gasteiger partial charge on any atom is 0.222 e. The van der Waals surface area contributed by atoms with Crippen LogP contribution in [0.15, 0.2) is 34.9 Å². The number of rotatable bonds is 2. The summed E-state index contributed by atoms with van der Waals surface area (Å²) in [6.45, 7) is 0. The average Bonchev–Trinajstić information content (AvgIpc) is 2.24. The quantitative estimate of drug-likeness (QED) is 0.893. The Bertz CT molecular complexity index is 518. The van der Waals surface area contributed by atoms with E-state index in [9.17, 15) is 0 Å². The highest BCUT2D eigenvalue weighted by Gasteiger charge is 2.03. The van der Waals surface area contributed by atoms with Gasteiger partial charge in [-0.25, -0.2) is 4.98 Å². The lowest BCUT2D eigenvalue weighted by molar-refractivity contribution is 1.17. The molecule has 0 amide bonds. The highest BCUT2D eigenvalue weighted by molar-refractivity contribution is 9.10. The summed E-state index contributed by atoms with van der Waals surface area (Å²) >= 11 is 9.20. The predicted molar refractivity (Wildman–Crippen MR) is 68.9 cm³/mol. The Morgan fingerprint density at radius 3 is 2.94 bits per heavy atom. The first-order valence-corrected chi connectivity index (χ1v) is 5.63. The molecule has 2 rings (SSSR count). The van der Waals surface area contributed by atoms with Gasteiger partial charge in [0.15, 0.2) is 0 Å². The van der Waals surface area contributed by atoms with E-state index in [-0.39, 0.29) is 5.95 Å². The normalized spacial score (nSPS) is 10.1. The van der Waals surface area contributed by atoms with E-state index in [0.29, 0.717) is 10.8 Å². The van der Waals surface area contributed by atoms with Crippen LogP contribution in [0.4, 0.5) is 17.5 Å². The maximum atomic E-state index is 5.87. The van der Waals surface area contributed by atoms with Gasteiger partial charge in [0.1, 0.15) is 5.82 Å². The van der Waals surface area contributed by atoms with Crippen molar-refractivity contribution in [2.45, 2.75) is 0 Å². The molecule has 0 aliphatic heterocycles. The summed E-state index contributed by atoms with van der Waals surface area (Å²) in [5.41, 5.74) is 6.34. The molecule has 0 fully saturated rings. The van der Waals surface area contributed by atoms with Crippen LogP contribution >= 0.6 is 27.5 Å². The lowest BCUT2D eigenvalue weighted by atomic mass is 10.3. The molecular weight excluding hydrogens is 291 g/mol. The summed E-state index contributed by atoms with van der Waals surface area (Å²) in [6.07, 6.45) is 1.59. The lowest BCUT2D eigenvalue weighted by Crippen LogP contribution is -2.00. The molecule has 1 aromatic heterocycles. The van der Waals surface area contributed by atoms with Gasteiger partial charge in [-0.05, 0) is 34.1 Å². The first-order chi connectivity index (χ1) is 7.65. The van der Waals surface area contributed by atoms with E-state index in [1.54, 1.807) is 18.3 Å². The molecule has 2 aromatic rings. The second-order valence-corrected chi connectivity index (χ2v) is 4.35. The molecule has 0 aliphatic carbocycles. The molecule has 6 heteroatoms. The number of nitrogens with zero attached hydrogens (tertiary/aromatic N) is 2. The molecule has 82 valence electrons. The predicted octanol–water partition coefficient (Wildman–Crippen LogP) is 3.22. The van der Waals surface area contributed by atoms with Crippen molar-refractivity contribution in [2.24, 2.45) is 0 Å². The van der Waals surface area contributed by atoms with Crippen molar-refractivity contribution >= 4 is 45.0 Å². The Morgan fingerprint density at radius 2 is 2.19 bits per heavy atom. The fourth-order valence-corrected chi connectivity index (χ4v) is 1.65. The Morgan fingerprint density at radius 1 is 1.38 bits per heavy atom. The van der Waals surface area contributed by atoms with Gasteiger partial charge in [0.25, 0.3) is 0 Å². The smallest absolute Gasteiger partial charge is 0.222 e. The van der Waals surface area contributed by atoms with Crippen LogP contribution < -0.4 is 11.1 Å². The van der Waals surface area contributed by atoms with Crippen LogP contribution in [-0.4, -0.2) is 9.97 Å². The number of hydrogen-bond acceptors (Lipinski definition) is 4. The summed E-state index contributed by atoms with van der Waals surface area (Å²) in [4.78, 5) is 7.92. The monoisotopic (exact) mass is 298 g/mol. The van der Waals surface area contributed by atoms with Crippen LogP contribution in [0.1, 0.15) is 0 Å². The zero-order valence-electron chi connectivity index (χ0n) is 8.11. The third-order valence-electron chi connectivity index (χ3n) is 1.85. The molecule has 0 atom stereocenters. The van der Waals surface area contributed by atoms with E-state index < -0.39 is 0 Å². The highest BCUT2D eigenvalue weighted by Crippen LogP contribution is 2.24. The Kier molecular flexibility index (Phi) is 3.26. The molecule has 1 aromatic carbocycles. The van der Waals surface area contributed by atoms with E-state index in [2.05, 4.69) is 31.2 Å². The number of benzene rings is 1. The lowest BCUT2D eigenvalue weighted by Gasteiger charge is -2.07. The number of nitrogens with two attached hydrogens (primary N) is 1. The van der Waals surface area contributed by atoms with Crippen molar-refractivity contribution < 1.29 is 0 Å². The van der Waals surface area contributed by atoms with Gasteiger partial charge in [0.05, 0.1) is 4.47 Å². The van der Waals surface area contributed by atoms with E-state index in [0.717, 1.165) is 10.2 Å². The number of halogens is 2. The fraction of sp³-hybridized carbons (Fsp3) is 0. The third kappa shape index (κ3) is 2.62. The summed E-state index contributed by atoms with van der Waals surface area (Å²) in [5, 5.41) is 3.75. The highest BCUT2D eigenvalue weighted by atomic mass is 79.9. The van der Waals surface area contributed by atoms with Gasteiger partial charge in [-0.1, -0.05) is 17.7 Å². The third-order valence-corrected chi connectivity index (χ3v) is 2.67. The van der Waals surface area contributed by atoms with Gasteiger partial charge in [0, 0.05) is 16.9 Å². The number of nitrogen functional groups attached to an aromatic ring is 1. The zero-order chi connectivity index (χ0) is 11.5. The minimum Gasteiger partial charge on any atom is -0.368 e. The largest absolute Gasteiger partial charge is 0.368 e. The van der Waals surface area contributed by atoms with Gasteiger partial charge in [-0.3, -0.25) is 0 Å². The van der Waals surface area contributed by atoms with Crippen molar-refractivity contribution in [2.75, 3.05) is 11.1 Å². The summed E-state index contributed by atoms with van der Waals surface area (Å²) in [7, 11) is 0. The zero-order valence-corrected chi connectivity index (χ0v) is 10.5. The van der Waals surface area contributed by atoms with Crippen LogP contribution in [0.3, 0.4) is 0 Å². The van der Waals surface area contributed by atoms with Crippen LogP contribution in [0.5, 0.6) is 0 Å². The minimum atomic E-state index is 0.215. The molecule has 0 saturated heterocycles. The average molecular weight is 300 g/mol. The van der Waals surface area contributed by atoms with Gasteiger partial charge in [0.2, 0.25) is 5.95 Å². The minimum absolute atomic E-state index is 0.215. The number of hydrogen-bond donors (Lipinski definition) is 2. The first-order valence-electron chi connectivity index (χ1n) is 4.46. The molecule has 3 N–H and O–H groups in total. The number of anilines is 3. The van der Waals surface area contributed by atoms with E-state index in [1.807, 2.05) is 12.1 Å². The molecule has 4 nitrogen and oxygen atoms in total. The second-order valence-electron chi connectivity index (χ2n) is 3.06. The standard InChI is InChI=1S/C10H8BrClN4/c11-8-5-14-10(13)16-9(8)15-7-3-1-2-6(12)4-7/h1-5H,(H3,13,14,15,16). The van der Waals surface area contributed by atoms with Crippen LogP contribution in [-0.2, 0) is 0 Å². The van der Waals surface area contributed by atoms with E-state index >= 15 is 0 Å². The number of aromatic nitrogens is 2. The van der Waals surface area contributed by atoms with E-state index in [1.165, 1.54) is 0 Å². The maximum absolute atomic E-state index is 5.87. The topological polar surface area (TPSA) is 63.8 Å².